The minimum absolute atomic E-state index is 0.274. The number of nitrogens with one attached hydrogen (secondary N) is 2. The Labute approximate surface area is 126 Å². The average molecular weight is 312 g/mol. The number of sulfonamides is 1. The molecule has 0 radical (unpaired) electrons. The maximum absolute atomic E-state index is 12.4. The van der Waals surface area contributed by atoms with E-state index in [1.165, 1.54) is 25.7 Å². The van der Waals surface area contributed by atoms with E-state index in [0.717, 1.165) is 11.8 Å². The highest BCUT2D eigenvalue weighted by Gasteiger charge is 2.39. The first kappa shape index (κ1) is 15.1. The Balaban J connectivity index is 1.66. The van der Waals surface area contributed by atoms with Gasteiger partial charge in [-0.25, -0.2) is 13.1 Å². The summed E-state index contributed by atoms with van der Waals surface area (Å²) in [6.07, 6.45) is 5.09. The fourth-order valence-electron chi connectivity index (χ4n) is 3.97. The van der Waals surface area contributed by atoms with Gasteiger partial charge in [-0.1, -0.05) is 6.42 Å². The molecule has 2 aliphatic carbocycles. The third-order valence-corrected chi connectivity index (χ3v) is 6.51. The Hall–Kier alpha value is -0.850. The van der Waals surface area contributed by atoms with Crippen molar-refractivity contribution in [2.24, 2.45) is 17.8 Å². The molecule has 2 saturated carbocycles. The van der Waals surface area contributed by atoms with Crippen LogP contribution in [0.15, 0.2) is 15.4 Å². The Kier molecular flexibility index (Phi) is 4.12. The summed E-state index contributed by atoms with van der Waals surface area (Å²) in [5.74, 6) is 3.18. The first-order chi connectivity index (χ1) is 9.99. The Morgan fingerprint density at radius 2 is 2.14 bits per heavy atom. The molecule has 2 aliphatic rings. The zero-order valence-electron chi connectivity index (χ0n) is 12.7. The van der Waals surface area contributed by atoms with Gasteiger partial charge in [-0.15, -0.1) is 0 Å². The van der Waals surface area contributed by atoms with Gasteiger partial charge in [-0.05, 0) is 51.0 Å². The van der Waals surface area contributed by atoms with E-state index in [-0.39, 0.29) is 4.90 Å². The number of aryl methyl sites for hydroxylation is 1. The van der Waals surface area contributed by atoms with Gasteiger partial charge in [0.1, 0.15) is 16.4 Å². The van der Waals surface area contributed by atoms with Crippen molar-refractivity contribution in [3.63, 3.8) is 0 Å². The van der Waals surface area contributed by atoms with E-state index in [1.54, 1.807) is 20.0 Å². The molecule has 0 spiro atoms. The van der Waals surface area contributed by atoms with Crippen LogP contribution in [0.25, 0.3) is 0 Å². The summed E-state index contributed by atoms with van der Waals surface area (Å²) in [5, 5.41) is 2.96. The summed E-state index contributed by atoms with van der Waals surface area (Å²) in [6.45, 7) is 2.80. The molecule has 6 heteroatoms. The Morgan fingerprint density at radius 1 is 1.33 bits per heavy atom. The molecular formula is C15H24N2O3S. The first-order valence-corrected chi connectivity index (χ1v) is 9.21. The normalized spacial score (nSPS) is 28.4. The zero-order valence-corrected chi connectivity index (χ0v) is 13.5. The van der Waals surface area contributed by atoms with E-state index in [2.05, 4.69) is 10.0 Å². The number of furan rings is 1. The van der Waals surface area contributed by atoms with Crippen LogP contribution >= 0.6 is 0 Å². The van der Waals surface area contributed by atoms with Crippen LogP contribution < -0.4 is 10.0 Å². The fourth-order valence-corrected chi connectivity index (χ4v) is 5.27. The van der Waals surface area contributed by atoms with Crippen molar-refractivity contribution < 1.29 is 12.8 Å². The summed E-state index contributed by atoms with van der Waals surface area (Å²) >= 11 is 0. The Bertz CT molecular complexity index is 608. The zero-order chi connectivity index (χ0) is 15.0. The maximum Gasteiger partial charge on any atom is 0.244 e. The van der Waals surface area contributed by atoms with Gasteiger partial charge in [-0.2, -0.15) is 0 Å². The van der Waals surface area contributed by atoms with Crippen LogP contribution in [0.5, 0.6) is 0 Å². The van der Waals surface area contributed by atoms with E-state index in [1.807, 2.05) is 0 Å². The van der Waals surface area contributed by atoms with Crippen LogP contribution in [-0.4, -0.2) is 22.0 Å². The molecule has 0 saturated heterocycles. The van der Waals surface area contributed by atoms with Crippen molar-refractivity contribution in [3.8, 4) is 0 Å². The highest BCUT2D eigenvalue weighted by atomic mass is 32.2. The van der Waals surface area contributed by atoms with Gasteiger partial charge in [0.2, 0.25) is 10.0 Å². The van der Waals surface area contributed by atoms with Crippen LogP contribution in [0.1, 0.15) is 37.2 Å². The van der Waals surface area contributed by atoms with E-state index in [4.69, 9.17) is 4.42 Å². The molecule has 0 aromatic carbocycles. The van der Waals surface area contributed by atoms with E-state index in [9.17, 15) is 8.42 Å². The molecule has 0 amide bonds. The van der Waals surface area contributed by atoms with Crippen molar-refractivity contribution in [2.45, 2.75) is 44.0 Å². The van der Waals surface area contributed by atoms with Crippen molar-refractivity contribution in [3.05, 3.63) is 17.6 Å². The Morgan fingerprint density at radius 3 is 2.76 bits per heavy atom. The van der Waals surface area contributed by atoms with E-state index in [0.29, 0.717) is 30.5 Å². The number of hydrogen-bond acceptors (Lipinski definition) is 4. The third kappa shape index (κ3) is 3.03. The van der Waals surface area contributed by atoms with Crippen molar-refractivity contribution in [2.75, 3.05) is 13.6 Å². The van der Waals surface area contributed by atoms with Gasteiger partial charge in [-0.3, -0.25) is 0 Å². The van der Waals surface area contributed by atoms with E-state index >= 15 is 0 Å². The molecule has 21 heavy (non-hydrogen) atoms. The second kappa shape index (κ2) is 5.74. The maximum atomic E-state index is 12.4. The predicted molar refractivity (Wildman–Crippen MR) is 80.3 cm³/mol. The second-order valence-electron chi connectivity index (χ2n) is 6.45. The van der Waals surface area contributed by atoms with Crippen molar-refractivity contribution in [1.29, 1.82) is 0 Å². The SMILES string of the molecule is CNCc1cc(S(=O)(=O)NCC2CC3CCC2C3)c(C)o1. The van der Waals surface area contributed by atoms with Gasteiger partial charge < -0.3 is 9.73 Å². The number of hydrogen-bond donors (Lipinski definition) is 2. The molecule has 3 atom stereocenters. The first-order valence-electron chi connectivity index (χ1n) is 7.73. The molecular weight excluding hydrogens is 288 g/mol. The summed E-state index contributed by atoms with van der Waals surface area (Å²) in [6, 6.07) is 1.62. The lowest BCUT2D eigenvalue weighted by molar-refractivity contribution is 0.332. The molecule has 5 nitrogen and oxygen atoms in total. The summed E-state index contributed by atoms with van der Waals surface area (Å²) < 4.78 is 33.2. The lowest BCUT2D eigenvalue weighted by Gasteiger charge is -2.21. The minimum Gasteiger partial charge on any atom is -0.464 e. The molecule has 2 N–H and O–H groups in total. The van der Waals surface area contributed by atoms with Gasteiger partial charge in [0, 0.05) is 12.6 Å². The molecule has 0 aliphatic heterocycles. The summed E-state index contributed by atoms with van der Waals surface area (Å²) in [5.41, 5.74) is 0. The highest BCUT2D eigenvalue weighted by Crippen LogP contribution is 2.48. The quantitative estimate of drug-likeness (QED) is 0.843. The molecule has 1 aromatic heterocycles. The van der Waals surface area contributed by atoms with Crippen LogP contribution in [0.3, 0.4) is 0 Å². The second-order valence-corrected chi connectivity index (χ2v) is 8.19. The smallest absolute Gasteiger partial charge is 0.244 e. The van der Waals surface area contributed by atoms with Crippen molar-refractivity contribution in [1.82, 2.24) is 10.0 Å². The van der Waals surface area contributed by atoms with E-state index < -0.39 is 10.0 Å². The lowest BCUT2D eigenvalue weighted by atomic mass is 9.89. The third-order valence-electron chi connectivity index (χ3n) is 4.98. The topological polar surface area (TPSA) is 71.3 Å². The molecule has 2 bridgehead atoms. The molecule has 2 fully saturated rings. The van der Waals surface area contributed by atoms with Gasteiger partial charge in [0.05, 0.1) is 6.54 Å². The fraction of sp³-hybridized carbons (Fsp3) is 0.733. The van der Waals surface area contributed by atoms with Crippen LogP contribution in [0, 0.1) is 24.7 Å². The lowest BCUT2D eigenvalue weighted by Crippen LogP contribution is -2.31. The monoisotopic (exact) mass is 312 g/mol. The molecule has 1 heterocycles. The average Bonchev–Trinajstić information content (AvgIpc) is 3.12. The van der Waals surface area contributed by atoms with Crippen LogP contribution in [0.4, 0.5) is 0 Å². The largest absolute Gasteiger partial charge is 0.464 e. The molecule has 3 unspecified atom stereocenters. The van der Waals surface area contributed by atoms with Crippen LogP contribution in [0.2, 0.25) is 0 Å². The standard InChI is InChI=1S/C15H24N2O3S/c1-10-15(7-14(20-10)9-16-2)21(18,19)17-8-13-6-11-3-4-12(13)5-11/h7,11-13,16-17H,3-6,8-9H2,1-2H3. The number of fused-ring (bicyclic) bond motifs is 2. The summed E-state index contributed by atoms with van der Waals surface area (Å²) in [4.78, 5) is 0.274. The van der Waals surface area contributed by atoms with Gasteiger partial charge in [0.25, 0.3) is 0 Å². The van der Waals surface area contributed by atoms with Crippen molar-refractivity contribution >= 4 is 10.0 Å². The molecule has 1 aromatic rings. The predicted octanol–water partition coefficient (Wildman–Crippen LogP) is 2.02. The molecule has 3 rings (SSSR count). The molecule has 118 valence electrons. The summed E-state index contributed by atoms with van der Waals surface area (Å²) in [7, 11) is -1.66. The minimum atomic E-state index is -3.46. The highest BCUT2D eigenvalue weighted by molar-refractivity contribution is 7.89. The van der Waals surface area contributed by atoms with Gasteiger partial charge in [0.15, 0.2) is 0 Å². The van der Waals surface area contributed by atoms with Gasteiger partial charge >= 0.3 is 0 Å². The van der Waals surface area contributed by atoms with Crippen LogP contribution in [-0.2, 0) is 16.6 Å². The number of rotatable bonds is 6.